The number of amidine groups is 1. The average Bonchev–Trinajstić information content (AvgIpc) is 3.23. The topological polar surface area (TPSA) is 30.3 Å². The highest BCUT2D eigenvalue weighted by Crippen LogP contribution is 2.31. The molecule has 1 aliphatic heterocycles. The number of anilines is 1. The molecule has 4 heteroatoms. The highest BCUT2D eigenvalue weighted by Gasteiger charge is 2.31. The van der Waals surface area contributed by atoms with Crippen molar-refractivity contribution in [3.05, 3.63) is 30.1 Å². The van der Waals surface area contributed by atoms with Gasteiger partial charge in [-0.15, -0.1) is 0 Å². The third-order valence-electron chi connectivity index (χ3n) is 3.78. The van der Waals surface area contributed by atoms with Gasteiger partial charge in [0.1, 0.15) is 5.82 Å². The van der Waals surface area contributed by atoms with E-state index < -0.39 is 0 Å². The van der Waals surface area contributed by atoms with Crippen LogP contribution in [0.15, 0.2) is 24.3 Å². The number of piperazine rings is 1. The molecule has 0 radical (unpaired) electrons. The number of rotatable bonds is 2. The van der Waals surface area contributed by atoms with Gasteiger partial charge in [-0.25, -0.2) is 4.39 Å². The fourth-order valence-corrected chi connectivity index (χ4v) is 2.51. The van der Waals surface area contributed by atoms with E-state index in [4.69, 9.17) is 5.41 Å². The lowest BCUT2D eigenvalue weighted by Crippen LogP contribution is -2.49. The van der Waals surface area contributed by atoms with Gasteiger partial charge >= 0.3 is 0 Å². The van der Waals surface area contributed by atoms with Crippen molar-refractivity contribution in [1.29, 1.82) is 5.41 Å². The average molecular weight is 247 g/mol. The van der Waals surface area contributed by atoms with Crippen molar-refractivity contribution < 1.29 is 4.39 Å². The number of para-hydroxylation sites is 1. The van der Waals surface area contributed by atoms with Gasteiger partial charge in [0, 0.05) is 32.1 Å². The van der Waals surface area contributed by atoms with Gasteiger partial charge < -0.3 is 9.80 Å². The first-order valence-corrected chi connectivity index (χ1v) is 6.58. The highest BCUT2D eigenvalue weighted by molar-refractivity contribution is 5.84. The maximum atomic E-state index is 13.7. The zero-order chi connectivity index (χ0) is 12.5. The summed E-state index contributed by atoms with van der Waals surface area (Å²) in [4.78, 5) is 4.22. The summed E-state index contributed by atoms with van der Waals surface area (Å²) in [6.07, 6.45) is 2.35. The van der Waals surface area contributed by atoms with Crippen LogP contribution in [0.5, 0.6) is 0 Å². The summed E-state index contributed by atoms with van der Waals surface area (Å²) in [7, 11) is 0. The summed E-state index contributed by atoms with van der Waals surface area (Å²) in [5.41, 5.74) is 0.690. The molecule has 3 nitrogen and oxygen atoms in total. The minimum Gasteiger partial charge on any atom is -0.366 e. The van der Waals surface area contributed by atoms with E-state index >= 15 is 0 Å². The molecule has 0 aromatic heterocycles. The fraction of sp³-hybridized carbons (Fsp3) is 0.500. The van der Waals surface area contributed by atoms with Crippen molar-refractivity contribution in [1.82, 2.24) is 4.90 Å². The van der Waals surface area contributed by atoms with E-state index in [1.807, 2.05) is 12.1 Å². The standard InChI is InChI=1S/C14H18FN3/c15-12-3-1-2-4-13(12)17-7-9-18(10-8-17)14(16)11-5-6-11/h1-4,11,16H,5-10H2. The molecule has 96 valence electrons. The number of hydrogen-bond acceptors (Lipinski definition) is 2. The molecule has 2 aliphatic rings. The third-order valence-corrected chi connectivity index (χ3v) is 3.78. The van der Waals surface area contributed by atoms with Crippen LogP contribution in [0.3, 0.4) is 0 Å². The van der Waals surface area contributed by atoms with Gasteiger partial charge in [0.15, 0.2) is 0 Å². The molecule has 1 saturated carbocycles. The maximum absolute atomic E-state index is 13.7. The SMILES string of the molecule is N=C(C1CC1)N1CCN(c2ccccc2F)CC1. The Labute approximate surface area is 107 Å². The van der Waals surface area contributed by atoms with E-state index in [0.717, 1.165) is 32.0 Å². The number of hydrogen-bond donors (Lipinski definition) is 1. The molecule has 0 unspecified atom stereocenters. The molecule has 1 aliphatic carbocycles. The summed E-state index contributed by atoms with van der Waals surface area (Å²) in [6, 6.07) is 6.93. The molecule has 1 N–H and O–H groups in total. The van der Waals surface area contributed by atoms with E-state index in [9.17, 15) is 4.39 Å². The van der Waals surface area contributed by atoms with Gasteiger partial charge in [-0.2, -0.15) is 0 Å². The fourth-order valence-electron chi connectivity index (χ4n) is 2.51. The maximum Gasteiger partial charge on any atom is 0.146 e. The van der Waals surface area contributed by atoms with Crippen molar-refractivity contribution in [2.45, 2.75) is 12.8 Å². The summed E-state index contributed by atoms with van der Waals surface area (Å²) in [5.74, 6) is 1.15. The molecule has 1 heterocycles. The van der Waals surface area contributed by atoms with Gasteiger partial charge in [0.05, 0.1) is 11.5 Å². The highest BCUT2D eigenvalue weighted by atomic mass is 19.1. The van der Waals surface area contributed by atoms with E-state index in [1.54, 1.807) is 6.07 Å². The Morgan fingerprint density at radius 2 is 1.78 bits per heavy atom. The van der Waals surface area contributed by atoms with Crippen LogP contribution in [-0.4, -0.2) is 36.9 Å². The molecule has 1 aromatic rings. The first-order chi connectivity index (χ1) is 8.75. The Bertz CT molecular complexity index is 448. The van der Waals surface area contributed by atoms with Crippen LogP contribution < -0.4 is 4.90 Å². The molecule has 0 bridgehead atoms. The zero-order valence-corrected chi connectivity index (χ0v) is 10.4. The third kappa shape index (κ3) is 2.19. The molecule has 18 heavy (non-hydrogen) atoms. The predicted octanol–water partition coefficient (Wildman–Crippen LogP) is 2.33. The van der Waals surface area contributed by atoms with Crippen LogP contribution in [0.4, 0.5) is 10.1 Å². The second kappa shape index (κ2) is 4.59. The predicted molar refractivity (Wildman–Crippen MR) is 70.6 cm³/mol. The second-order valence-corrected chi connectivity index (χ2v) is 5.09. The minimum absolute atomic E-state index is 0.150. The Kier molecular flexibility index (Phi) is 2.94. The lowest BCUT2D eigenvalue weighted by Gasteiger charge is -2.37. The zero-order valence-electron chi connectivity index (χ0n) is 10.4. The van der Waals surface area contributed by atoms with Gasteiger partial charge in [-0.1, -0.05) is 12.1 Å². The van der Waals surface area contributed by atoms with Gasteiger partial charge in [-0.3, -0.25) is 5.41 Å². The molecule has 0 atom stereocenters. The number of nitrogens with zero attached hydrogens (tertiary/aromatic N) is 2. The van der Waals surface area contributed by atoms with Crippen molar-refractivity contribution in [2.24, 2.45) is 5.92 Å². The summed E-state index contributed by atoms with van der Waals surface area (Å²) >= 11 is 0. The van der Waals surface area contributed by atoms with Gasteiger partial charge in [0.25, 0.3) is 0 Å². The van der Waals surface area contributed by atoms with Crippen molar-refractivity contribution in [3.63, 3.8) is 0 Å². The normalized spacial score (nSPS) is 20.1. The lowest BCUT2D eigenvalue weighted by molar-refractivity contribution is 0.372. The number of nitrogens with one attached hydrogen (secondary N) is 1. The van der Waals surface area contributed by atoms with E-state index in [1.165, 1.54) is 18.9 Å². The van der Waals surface area contributed by atoms with Crippen LogP contribution >= 0.6 is 0 Å². The molecule has 3 rings (SSSR count). The minimum atomic E-state index is -0.150. The largest absolute Gasteiger partial charge is 0.366 e. The van der Waals surface area contributed by atoms with Crippen LogP contribution in [0.25, 0.3) is 0 Å². The van der Waals surface area contributed by atoms with Crippen LogP contribution in [0.1, 0.15) is 12.8 Å². The summed E-state index contributed by atoms with van der Waals surface area (Å²) < 4.78 is 13.7. The first-order valence-electron chi connectivity index (χ1n) is 6.58. The first kappa shape index (κ1) is 11.5. The van der Waals surface area contributed by atoms with Crippen LogP contribution in [0.2, 0.25) is 0 Å². The Morgan fingerprint density at radius 1 is 1.11 bits per heavy atom. The van der Waals surface area contributed by atoms with Crippen LogP contribution in [0, 0.1) is 17.1 Å². The number of benzene rings is 1. The molecule has 2 fully saturated rings. The van der Waals surface area contributed by atoms with E-state index in [-0.39, 0.29) is 5.82 Å². The lowest BCUT2D eigenvalue weighted by atomic mass is 10.2. The van der Waals surface area contributed by atoms with Crippen molar-refractivity contribution >= 4 is 11.5 Å². The Morgan fingerprint density at radius 3 is 2.39 bits per heavy atom. The molecule has 0 spiro atoms. The van der Waals surface area contributed by atoms with Gasteiger partial charge in [0.2, 0.25) is 0 Å². The summed E-state index contributed by atoms with van der Waals surface area (Å²) in [6.45, 7) is 3.28. The number of halogens is 1. The summed E-state index contributed by atoms with van der Waals surface area (Å²) in [5, 5.41) is 8.05. The van der Waals surface area contributed by atoms with E-state index in [2.05, 4.69) is 9.80 Å². The molecule has 0 amide bonds. The van der Waals surface area contributed by atoms with Gasteiger partial charge in [-0.05, 0) is 25.0 Å². The van der Waals surface area contributed by atoms with Crippen molar-refractivity contribution in [3.8, 4) is 0 Å². The quantitative estimate of drug-likeness (QED) is 0.642. The Balaban J connectivity index is 1.63. The van der Waals surface area contributed by atoms with E-state index in [0.29, 0.717) is 11.6 Å². The van der Waals surface area contributed by atoms with Crippen LogP contribution in [-0.2, 0) is 0 Å². The second-order valence-electron chi connectivity index (χ2n) is 5.09. The Hall–Kier alpha value is -1.58. The molecular formula is C14H18FN3. The monoisotopic (exact) mass is 247 g/mol. The molecular weight excluding hydrogens is 229 g/mol. The smallest absolute Gasteiger partial charge is 0.146 e. The molecule has 1 saturated heterocycles. The van der Waals surface area contributed by atoms with Crippen molar-refractivity contribution in [2.75, 3.05) is 31.1 Å². The molecule has 1 aromatic carbocycles.